The van der Waals surface area contributed by atoms with Crippen LogP contribution >= 0.6 is 0 Å². The van der Waals surface area contributed by atoms with E-state index in [2.05, 4.69) is 24.2 Å². The minimum absolute atomic E-state index is 0.678. The lowest BCUT2D eigenvalue weighted by molar-refractivity contribution is 0.500. The molecular weight excluding hydrogens is 134 g/mol. The highest BCUT2D eigenvalue weighted by Crippen LogP contribution is 2.17. The van der Waals surface area contributed by atoms with Crippen LogP contribution in [0.25, 0.3) is 0 Å². The van der Waals surface area contributed by atoms with Crippen LogP contribution in [0, 0.1) is 18.3 Å². The average Bonchev–Trinajstić information content (AvgIpc) is 2.03. The number of piperidine rings is 1. The summed E-state index contributed by atoms with van der Waals surface area (Å²) in [6.45, 7) is 4.46. The van der Waals surface area contributed by atoms with Crippen LogP contribution in [0.15, 0.2) is 11.6 Å². The Morgan fingerprint density at radius 2 is 2.64 bits per heavy atom. The second kappa shape index (κ2) is 4.20. The van der Waals surface area contributed by atoms with Crippen LogP contribution in [0.1, 0.15) is 19.8 Å². The Balaban J connectivity index is 2.48. The summed E-state index contributed by atoms with van der Waals surface area (Å²) in [5.74, 6) is 3.32. The van der Waals surface area contributed by atoms with E-state index in [0.29, 0.717) is 5.92 Å². The van der Waals surface area contributed by atoms with E-state index < -0.39 is 0 Å². The highest BCUT2D eigenvalue weighted by Gasteiger charge is 2.12. The standard InChI is InChI=1S/C10H15N/c1-3-4-5-10-6-7-11-8-9(10)2/h1,5,9,11H,4,6-8H2,2H3/b10-5+. The van der Waals surface area contributed by atoms with Crippen molar-refractivity contribution in [2.24, 2.45) is 5.92 Å². The minimum atomic E-state index is 0.678. The first-order valence-corrected chi connectivity index (χ1v) is 4.17. The van der Waals surface area contributed by atoms with Gasteiger partial charge in [0.05, 0.1) is 0 Å². The van der Waals surface area contributed by atoms with E-state index in [0.717, 1.165) is 19.5 Å². The van der Waals surface area contributed by atoms with Crippen LogP contribution in [-0.4, -0.2) is 13.1 Å². The molecule has 0 saturated carbocycles. The Bertz CT molecular complexity index is 186. The molecule has 60 valence electrons. The Morgan fingerprint density at radius 1 is 1.82 bits per heavy atom. The molecule has 0 aromatic rings. The summed E-state index contributed by atoms with van der Waals surface area (Å²) < 4.78 is 0. The van der Waals surface area contributed by atoms with Gasteiger partial charge in [-0.1, -0.05) is 18.6 Å². The van der Waals surface area contributed by atoms with Gasteiger partial charge in [-0.25, -0.2) is 0 Å². The van der Waals surface area contributed by atoms with Crippen molar-refractivity contribution in [2.45, 2.75) is 19.8 Å². The quantitative estimate of drug-likeness (QED) is 0.441. The predicted molar refractivity (Wildman–Crippen MR) is 48.2 cm³/mol. The third kappa shape index (κ3) is 2.40. The van der Waals surface area contributed by atoms with Crippen molar-refractivity contribution >= 4 is 0 Å². The molecule has 0 spiro atoms. The van der Waals surface area contributed by atoms with Gasteiger partial charge in [0, 0.05) is 13.0 Å². The van der Waals surface area contributed by atoms with Crippen LogP contribution in [0.2, 0.25) is 0 Å². The largest absolute Gasteiger partial charge is 0.316 e. The SMILES string of the molecule is C#CC/C=C1\CCNCC1C. The second-order valence-corrected chi connectivity index (χ2v) is 3.04. The van der Waals surface area contributed by atoms with Crippen molar-refractivity contribution in [1.82, 2.24) is 5.32 Å². The molecule has 0 aliphatic carbocycles. The number of hydrogen-bond donors (Lipinski definition) is 1. The summed E-state index contributed by atoms with van der Waals surface area (Å²) in [6, 6.07) is 0. The molecule has 0 aromatic carbocycles. The fraction of sp³-hybridized carbons (Fsp3) is 0.600. The van der Waals surface area contributed by atoms with Gasteiger partial charge in [0.25, 0.3) is 0 Å². The lowest BCUT2D eigenvalue weighted by atomic mass is 9.94. The number of terminal acetylenes is 1. The number of allylic oxidation sites excluding steroid dienone is 1. The van der Waals surface area contributed by atoms with Crippen molar-refractivity contribution in [3.8, 4) is 12.3 Å². The van der Waals surface area contributed by atoms with Crippen LogP contribution in [0.5, 0.6) is 0 Å². The molecule has 1 rings (SSSR count). The number of hydrogen-bond acceptors (Lipinski definition) is 1. The van der Waals surface area contributed by atoms with Crippen molar-refractivity contribution in [1.29, 1.82) is 0 Å². The lowest BCUT2D eigenvalue weighted by Crippen LogP contribution is -2.29. The van der Waals surface area contributed by atoms with Gasteiger partial charge >= 0.3 is 0 Å². The summed E-state index contributed by atoms with van der Waals surface area (Å²) in [5, 5.41) is 3.35. The molecular formula is C10H15N. The fourth-order valence-corrected chi connectivity index (χ4v) is 1.42. The van der Waals surface area contributed by atoms with E-state index in [1.165, 1.54) is 12.0 Å². The van der Waals surface area contributed by atoms with E-state index in [-0.39, 0.29) is 0 Å². The van der Waals surface area contributed by atoms with Gasteiger partial charge < -0.3 is 5.32 Å². The summed E-state index contributed by atoms with van der Waals surface area (Å²) >= 11 is 0. The predicted octanol–water partition coefficient (Wildman–Crippen LogP) is 1.57. The Kier molecular flexibility index (Phi) is 3.19. The third-order valence-electron chi connectivity index (χ3n) is 2.16. The van der Waals surface area contributed by atoms with E-state index in [1.807, 2.05) is 0 Å². The highest BCUT2D eigenvalue weighted by molar-refractivity contribution is 5.12. The third-order valence-corrected chi connectivity index (χ3v) is 2.16. The molecule has 0 bridgehead atoms. The van der Waals surface area contributed by atoms with Crippen LogP contribution < -0.4 is 5.32 Å². The molecule has 11 heavy (non-hydrogen) atoms. The molecule has 1 N–H and O–H groups in total. The fourth-order valence-electron chi connectivity index (χ4n) is 1.42. The molecule has 1 saturated heterocycles. The topological polar surface area (TPSA) is 12.0 Å². The molecule has 1 unspecified atom stereocenters. The van der Waals surface area contributed by atoms with Crippen LogP contribution in [0.4, 0.5) is 0 Å². The van der Waals surface area contributed by atoms with Crippen molar-refractivity contribution in [2.75, 3.05) is 13.1 Å². The molecule has 1 aliphatic rings. The maximum absolute atomic E-state index is 5.18. The summed E-state index contributed by atoms with van der Waals surface area (Å²) in [7, 11) is 0. The van der Waals surface area contributed by atoms with E-state index in [1.54, 1.807) is 0 Å². The van der Waals surface area contributed by atoms with Gasteiger partial charge in [0.2, 0.25) is 0 Å². The molecule has 0 aromatic heterocycles. The number of nitrogens with one attached hydrogen (secondary N) is 1. The summed E-state index contributed by atoms with van der Waals surface area (Å²) in [4.78, 5) is 0. The Hall–Kier alpha value is -0.740. The average molecular weight is 149 g/mol. The Labute approximate surface area is 68.9 Å². The van der Waals surface area contributed by atoms with E-state index >= 15 is 0 Å². The Morgan fingerprint density at radius 3 is 3.27 bits per heavy atom. The first-order valence-electron chi connectivity index (χ1n) is 4.17. The number of rotatable bonds is 1. The summed E-state index contributed by atoms with van der Waals surface area (Å²) in [6.07, 6.45) is 9.34. The van der Waals surface area contributed by atoms with Gasteiger partial charge in [-0.2, -0.15) is 0 Å². The maximum Gasteiger partial charge on any atom is 0.0269 e. The van der Waals surface area contributed by atoms with E-state index in [9.17, 15) is 0 Å². The minimum Gasteiger partial charge on any atom is -0.316 e. The highest BCUT2D eigenvalue weighted by atomic mass is 14.9. The zero-order chi connectivity index (χ0) is 8.10. The van der Waals surface area contributed by atoms with E-state index in [4.69, 9.17) is 6.42 Å². The van der Waals surface area contributed by atoms with Gasteiger partial charge in [-0.15, -0.1) is 12.3 Å². The smallest absolute Gasteiger partial charge is 0.0269 e. The second-order valence-electron chi connectivity index (χ2n) is 3.04. The zero-order valence-corrected chi connectivity index (χ0v) is 7.06. The first-order chi connectivity index (χ1) is 5.34. The monoisotopic (exact) mass is 149 g/mol. The normalized spacial score (nSPS) is 28.4. The van der Waals surface area contributed by atoms with Gasteiger partial charge in [0.1, 0.15) is 0 Å². The van der Waals surface area contributed by atoms with Crippen LogP contribution in [0.3, 0.4) is 0 Å². The van der Waals surface area contributed by atoms with Crippen molar-refractivity contribution in [3.05, 3.63) is 11.6 Å². The molecule has 0 amide bonds. The maximum atomic E-state index is 5.18. The molecule has 1 fully saturated rings. The van der Waals surface area contributed by atoms with Gasteiger partial charge in [0.15, 0.2) is 0 Å². The molecule has 1 heteroatoms. The van der Waals surface area contributed by atoms with Gasteiger partial charge in [-0.05, 0) is 18.9 Å². The molecule has 1 atom stereocenters. The molecule has 1 aliphatic heterocycles. The van der Waals surface area contributed by atoms with Crippen molar-refractivity contribution < 1.29 is 0 Å². The van der Waals surface area contributed by atoms with Crippen molar-refractivity contribution in [3.63, 3.8) is 0 Å². The van der Waals surface area contributed by atoms with Gasteiger partial charge in [-0.3, -0.25) is 0 Å². The summed E-state index contributed by atoms with van der Waals surface area (Å²) in [5.41, 5.74) is 1.53. The molecule has 1 heterocycles. The molecule has 0 radical (unpaired) electrons. The van der Waals surface area contributed by atoms with Crippen LogP contribution in [-0.2, 0) is 0 Å². The molecule has 1 nitrogen and oxygen atoms in total. The zero-order valence-electron chi connectivity index (χ0n) is 7.06. The lowest BCUT2D eigenvalue weighted by Gasteiger charge is -2.22. The first kappa shape index (κ1) is 8.36.